The van der Waals surface area contributed by atoms with Gasteiger partial charge in [-0.1, -0.05) is 0 Å². The Morgan fingerprint density at radius 3 is 0.867 bits per heavy atom. The van der Waals surface area contributed by atoms with Crippen LogP contribution < -0.4 is 0 Å². The Bertz CT molecular complexity index is 525. The summed E-state index contributed by atoms with van der Waals surface area (Å²) in [6.07, 6.45) is 5.53. The Balaban J connectivity index is 1.63. The smallest absolute Gasteiger partial charge is 0.306 e. The van der Waals surface area contributed by atoms with Gasteiger partial charge < -0.3 is 18.9 Å². The van der Waals surface area contributed by atoms with E-state index in [9.17, 15) is 19.2 Å². The van der Waals surface area contributed by atoms with Crippen molar-refractivity contribution in [3.05, 3.63) is 0 Å². The summed E-state index contributed by atoms with van der Waals surface area (Å²) in [6, 6.07) is 0. The summed E-state index contributed by atoms with van der Waals surface area (Å²) in [6.45, 7) is 0. The molecule has 0 amide bonds. The predicted octanol–water partition coefficient (Wildman–Crippen LogP) is 3.14. The van der Waals surface area contributed by atoms with Crippen LogP contribution in [-0.2, 0) is 38.1 Å². The van der Waals surface area contributed by atoms with Gasteiger partial charge in [-0.05, 0) is 64.2 Å². The van der Waals surface area contributed by atoms with Crippen LogP contribution in [0, 0.1) is 0 Å². The maximum atomic E-state index is 12.2. The zero-order valence-electron chi connectivity index (χ0n) is 17.5. The summed E-state index contributed by atoms with van der Waals surface area (Å²) in [5.41, 5.74) is 0. The number of hydrogen-bond acceptors (Lipinski definition) is 8. The van der Waals surface area contributed by atoms with Gasteiger partial charge in [0.05, 0.1) is 0 Å². The van der Waals surface area contributed by atoms with E-state index in [1.807, 2.05) is 0 Å². The van der Waals surface area contributed by atoms with Gasteiger partial charge in [-0.25, -0.2) is 0 Å². The summed E-state index contributed by atoms with van der Waals surface area (Å²) in [5, 5.41) is 0. The number of esters is 4. The van der Waals surface area contributed by atoms with E-state index in [0.717, 1.165) is 25.7 Å². The summed E-state index contributed by atoms with van der Waals surface area (Å²) in [5.74, 6) is -1.55. The molecule has 1 saturated heterocycles. The highest BCUT2D eigenvalue weighted by molar-refractivity contribution is 5.74. The van der Waals surface area contributed by atoms with Crippen LogP contribution in [0.1, 0.15) is 89.9 Å². The first-order valence-electron chi connectivity index (χ1n) is 11.3. The maximum Gasteiger partial charge on any atom is 0.306 e. The minimum atomic E-state index is -0.450. The van der Waals surface area contributed by atoms with Crippen LogP contribution in [0.15, 0.2) is 0 Å². The third-order valence-corrected chi connectivity index (χ3v) is 5.94. The molecular weight excluding hydrogens is 392 g/mol. The molecule has 168 valence electrons. The molecule has 0 aromatic heterocycles. The zero-order chi connectivity index (χ0) is 21.3. The van der Waals surface area contributed by atoms with Crippen LogP contribution in [0.2, 0.25) is 0 Å². The first-order chi connectivity index (χ1) is 14.5. The van der Waals surface area contributed by atoms with Crippen LogP contribution in [0.4, 0.5) is 0 Å². The summed E-state index contributed by atoms with van der Waals surface area (Å²) in [4.78, 5) is 48.8. The van der Waals surface area contributed by atoms with E-state index < -0.39 is 24.4 Å². The normalized spacial score (nSPS) is 32.8. The van der Waals surface area contributed by atoms with Crippen LogP contribution in [-0.4, -0.2) is 48.3 Å². The van der Waals surface area contributed by atoms with Crippen LogP contribution in [0.3, 0.4) is 0 Å². The molecule has 2 aliphatic carbocycles. The van der Waals surface area contributed by atoms with Crippen molar-refractivity contribution in [1.29, 1.82) is 0 Å². The minimum Gasteiger partial charge on any atom is -0.458 e. The van der Waals surface area contributed by atoms with Crippen molar-refractivity contribution in [2.24, 2.45) is 0 Å². The van der Waals surface area contributed by atoms with E-state index in [4.69, 9.17) is 18.9 Å². The highest BCUT2D eigenvalue weighted by atomic mass is 16.6. The number of fused-ring (bicyclic) bond motifs is 2. The molecule has 3 fully saturated rings. The lowest BCUT2D eigenvalue weighted by Gasteiger charge is -2.31. The Morgan fingerprint density at radius 1 is 0.400 bits per heavy atom. The highest BCUT2D eigenvalue weighted by Crippen LogP contribution is 2.27. The van der Waals surface area contributed by atoms with Crippen molar-refractivity contribution in [3.8, 4) is 0 Å². The summed E-state index contributed by atoms with van der Waals surface area (Å²) < 4.78 is 22.2. The Hall–Kier alpha value is -2.12. The molecule has 8 heteroatoms. The van der Waals surface area contributed by atoms with Gasteiger partial charge in [0.15, 0.2) is 0 Å². The third kappa shape index (κ3) is 6.99. The largest absolute Gasteiger partial charge is 0.458 e. The van der Waals surface area contributed by atoms with Crippen molar-refractivity contribution in [3.63, 3.8) is 0 Å². The molecule has 1 heterocycles. The minimum absolute atomic E-state index is 0.106. The fraction of sp³-hybridized carbons (Fsp3) is 0.818. The van der Waals surface area contributed by atoms with E-state index in [0.29, 0.717) is 38.5 Å². The zero-order valence-corrected chi connectivity index (χ0v) is 17.5. The van der Waals surface area contributed by atoms with Crippen molar-refractivity contribution in [2.75, 3.05) is 0 Å². The second-order valence-corrected chi connectivity index (χ2v) is 8.39. The fourth-order valence-electron chi connectivity index (χ4n) is 4.33. The Morgan fingerprint density at radius 2 is 0.633 bits per heavy atom. The van der Waals surface area contributed by atoms with E-state index >= 15 is 0 Å². The van der Waals surface area contributed by atoms with Gasteiger partial charge in [0, 0.05) is 25.7 Å². The van der Waals surface area contributed by atoms with Crippen LogP contribution in [0.25, 0.3) is 0 Å². The quantitative estimate of drug-likeness (QED) is 0.431. The highest BCUT2D eigenvalue weighted by Gasteiger charge is 2.33. The third-order valence-electron chi connectivity index (χ3n) is 5.94. The van der Waals surface area contributed by atoms with E-state index in [1.165, 1.54) is 0 Å². The first kappa shape index (κ1) is 22.6. The number of hydrogen-bond donors (Lipinski definition) is 0. The van der Waals surface area contributed by atoms with E-state index in [1.54, 1.807) is 0 Å². The number of ether oxygens (including phenoxy) is 4. The van der Waals surface area contributed by atoms with Gasteiger partial charge in [0.1, 0.15) is 24.4 Å². The van der Waals surface area contributed by atoms with Gasteiger partial charge in [0.25, 0.3) is 0 Å². The van der Waals surface area contributed by atoms with Crippen LogP contribution in [0.5, 0.6) is 0 Å². The molecule has 30 heavy (non-hydrogen) atoms. The summed E-state index contributed by atoms with van der Waals surface area (Å²) in [7, 11) is 0. The van der Waals surface area contributed by atoms with Crippen molar-refractivity contribution >= 4 is 23.9 Å². The molecule has 0 N–H and O–H groups in total. The van der Waals surface area contributed by atoms with Crippen molar-refractivity contribution < 1.29 is 38.1 Å². The van der Waals surface area contributed by atoms with Gasteiger partial charge >= 0.3 is 23.9 Å². The second-order valence-electron chi connectivity index (χ2n) is 8.39. The van der Waals surface area contributed by atoms with E-state index in [2.05, 4.69) is 0 Å². The molecule has 0 radical (unpaired) electrons. The van der Waals surface area contributed by atoms with Crippen molar-refractivity contribution in [1.82, 2.24) is 0 Å². The topological polar surface area (TPSA) is 105 Å². The molecule has 0 aromatic rings. The molecular formula is C22H32O8. The average molecular weight is 424 g/mol. The van der Waals surface area contributed by atoms with Gasteiger partial charge in [0.2, 0.25) is 0 Å². The Kier molecular flexibility index (Phi) is 8.51. The number of rotatable bonds is 0. The molecule has 4 atom stereocenters. The number of carbonyl (C=O) groups is 4. The molecule has 4 unspecified atom stereocenters. The molecule has 1 aliphatic heterocycles. The fourth-order valence-corrected chi connectivity index (χ4v) is 4.33. The average Bonchev–Trinajstić information content (AvgIpc) is 2.70. The Labute approximate surface area is 176 Å². The monoisotopic (exact) mass is 424 g/mol. The lowest BCUT2D eigenvalue weighted by molar-refractivity contribution is -0.174. The lowest BCUT2D eigenvalue weighted by Crippen LogP contribution is -2.38. The maximum absolute atomic E-state index is 12.2. The second kappa shape index (κ2) is 11.3. The lowest BCUT2D eigenvalue weighted by atomic mass is 9.94. The molecule has 0 spiro atoms. The SMILES string of the molecule is O=C1CCCC(=O)OC2CCCCC2OC(=O)CCCC(=O)OC2CCCCC2O1. The predicted molar refractivity (Wildman–Crippen MR) is 104 cm³/mol. The first-order valence-corrected chi connectivity index (χ1v) is 11.3. The van der Waals surface area contributed by atoms with Crippen LogP contribution >= 0.6 is 0 Å². The van der Waals surface area contributed by atoms with Crippen molar-refractivity contribution in [2.45, 2.75) is 114 Å². The molecule has 0 aromatic carbocycles. The molecule has 2 saturated carbocycles. The van der Waals surface area contributed by atoms with E-state index in [-0.39, 0.29) is 49.6 Å². The molecule has 3 aliphatic rings. The molecule has 8 nitrogen and oxygen atoms in total. The standard InChI is InChI=1S/C22H32O8/c23-19-11-5-13-21(25)29-17-9-3-4-10-18(17)30-22(26)14-6-12-20(24)28-16-8-2-1-7-15(16)27-19/h15-18H,1-14H2. The van der Waals surface area contributed by atoms with Gasteiger partial charge in [-0.15, -0.1) is 0 Å². The van der Waals surface area contributed by atoms with Gasteiger partial charge in [-0.2, -0.15) is 0 Å². The van der Waals surface area contributed by atoms with Gasteiger partial charge in [-0.3, -0.25) is 19.2 Å². The number of carbonyl (C=O) groups excluding carboxylic acids is 4. The molecule has 3 rings (SSSR count). The molecule has 0 bridgehead atoms. The summed E-state index contributed by atoms with van der Waals surface area (Å²) >= 11 is 0.